The number of anilines is 2. The first kappa shape index (κ1) is 21.6. The van der Waals surface area contributed by atoms with Gasteiger partial charge in [0, 0.05) is 28.9 Å². The number of hydrogen-bond acceptors (Lipinski definition) is 4. The topological polar surface area (TPSA) is 63.2 Å². The van der Waals surface area contributed by atoms with Crippen molar-refractivity contribution in [1.29, 1.82) is 0 Å². The lowest BCUT2D eigenvalue weighted by Gasteiger charge is -2.15. The molecule has 1 aromatic heterocycles. The SMILES string of the molecule is Cc1ccc2c(Nc3cccc(CCOC(=O)NC(C)C)c3)c3ccc(C)cc3nc2c1. The fourth-order valence-corrected chi connectivity index (χ4v) is 3.79. The van der Waals surface area contributed by atoms with Crippen LogP contribution in [0.5, 0.6) is 0 Å². The molecule has 4 aromatic rings. The molecule has 0 bridgehead atoms. The summed E-state index contributed by atoms with van der Waals surface area (Å²) >= 11 is 0. The third-order valence-electron chi connectivity index (χ3n) is 5.31. The highest BCUT2D eigenvalue weighted by molar-refractivity contribution is 6.08. The minimum absolute atomic E-state index is 0.0626. The number of nitrogens with zero attached hydrogens (tertiary/aromatic N) is 1. The number of carbonyl (C=O) groups excluding carboxylic acids is 1. The van der Waals surface area contributed by atoms with Crippen LogP contribution in [0, 0.1) is 13.8 Å². The molecule has 3 aromatic carbocycles. The van der Waals surface area contributed by atoms with Crippen LogP contribution in [0.4, 0.5) is 16.2 Å². The van der Waals surface area contributed by atoms with Crippen LogP contribution in [0.3, 0.4) is 0 Å². The van der Waals surface area contributed by atoms with Gasteiger partial charge in [-0.1, -0.05) is 36.4 Å². The zero-order valence-corrected chi connectivity index (χ0v) is 19.0. The second-order valence-corrected chi connectivity index (χ2v) is 8.54. The minimum Gasteiger partial charge on any atom is -0.449 e. The van der Waals surface area contributed by atoms with Crippen LogP contribution in [-0.4, -0.2) is 23.7 Å². The van der Waals surface area contributed by atoms with Gasteiger partial charge >= 0.3 is 6.09 Å². The van der Waals surface area contributed by atoms with Crippen molar-refractivity contribution in [1.82, 2.24) is 10.3 Å². The lowest BCUT2D eigenvalue weighted by molar-refractivity contribution is 0.145. The Morgan fingerprint density at radius 1 is 0.938 bits per heavy atom. The molecule has 0 atom stereocenters. The second-order valence-electron chi connectivity index (χ2n) is 8.54. The molecule has 0 radical (unpaired) electrons. The molecule has 0 spiro atoms. The first-order valence-electron chi connectivity index (χ1n) is 11.0. The predicted octanol–water partition coefficient (Wildman–Crippen LogP) is 6.43. The van der Waals surface area contributed by atoms with E-state index in [1.54, 1.807) is 0 Å². The van der Waals surface area contributed by atoms with Crippen molar-refractivity contribution in [3.8, 4) is 0 Å². The number of benzene rings is 3. The molecule has 0 aliphatic carbocycles. The molecule has 5 heteroatoms. The number of nitrogens with one attached hydrogen (secondary N) is 2. The van der Waals surface area contributed by atoms with Crippen molar-refractivity contribution >= 4 is 39.3 Å². The Hall–Kier alpha value is -3.60. The van der Waals surface area contributed by atoms with Gasteiger partial charge in [0.15, 0.2) is 0 Å². The largest absolute Gasteiger partial charge is 0.449 e. The molecular weight excluding hydrogens is 398 g/mol. The van der Waals surface area contributed by atoms with E-state index in [1.165, 1.54) is 11.1 Å². The summed E-state index contributed by atoms with van der Waals surface area (Å²) in [5.41, 5.74) is 7.47. The number of carbonyl (C=O) groups is 1. The maximum absolute atomic E-state index is 11.7. The van der Waals surface area contributed by atoms with Crippen LogP contribution in [0.15, 0.2) is 60.7 Å². The third kappa shape index (κ3) is 4.99. The van der Waals surface area contributed by atoms with Crippen LogP contribution < -0.4 is 10.6 Å². The summed E-state index contributed by atoms with van der Waals surface area (Å²) in [6.45, 7) is 8.32. The van der Waals surface area contributed by atoms with Gasteiger partial charge in [0.2, 0.25) is 0 Å². The van der Waals surface area contributed by atoms with E-state index >= 15 is 0 Å². The molecule has 4 rings (SSSR count). The molecule has 164 valence electrons. The Kier molecular flexibility index (Phi) is 6.26. The monoisotopic (exact) mass is 427 g/mol. The molecule has 0 aliphatic rings. The lowest BCUT2D eigenvalue weighted by atomic mass is 10.0. The minimum atomic E-state index is -0.380. The number of hydrogen-bond donors (Lipinski definition) is 2. The standard InChI is InChI=1S/C27H29N3O2/c1-17(2)28-27(31)32-13-12-20-6-5-7-21(16-20)29-26-22-10-8-18(3)14-24(22)30-25-15-19(4)9-11-23(25)26/h5-11,14-17H,12-13H2,1-4H3,(H,28,31)(H,29,30). The summed E-state index contributed by atoms with van der Waals surface area (Å²) in [6.07, 6.45) is 0.270. The van der Waals surface area contributed by atoms with Crippen LogP contribution in [0.1, 0.15) is 30.5 Å². The van der Waals surface area contributed by atoms with Gasteiger partial charge in [-0.15, -0.1) is 0 Å². The van der Waals surface area contributed by atoms with Gasteiger partial charge in [-0.3, -0.25) is 0 Å². The molecule has 0 fully saturated rings. The third-order valence-corrected chi connectivity index (χ3v) is 5.31. The molecule has 0 saturated heterocycles. The van der Waals surface area contributed by atoms with Gasteiger partial charge in [-0.2, -0.15) is 0 Å². The van der Waals surface area contributed by atoms with Gasteiger partial charge in [-0.25, -0.2) is 9.78 Å². The number of ether oxygens (including phenoxy) is 1. The predicted molar refractivity (Wildman–Crippen MR) is 132 cm³/mol. The number of pyridine rings is 1. The average Bonchev–Trinajstić information content (AvgIpc) is 2.73. The van der Waals surface area contributed by atoms with Crippen LogP contribution >= 0.6 is 0 Å². The highest BCUT2D eigenvalue weighted by Gasteiger charge is 2.11. The first-order chi connectivity index (χ1) is 15.4. The summed E-state index contributed by atoms with van der Waals surface area (Å²) in [5.74, 6) is 0. The molecule has 0 saturated carbocycles. The molecule has 0 unspecified atom stereocenters. The molecule has 1 heterocycles. The number of alkyl carbamates (subject to hydrolysis) is 1. The number of aromatic nitrogens is 1. The molecule has 2 N–H and O–H groups in total. The highest BCUT2D eigenvalue weighted by atomic mass is 16.5. The average molecular weight is 428 g/mol. The fourth-order valence-electron chi connectivity index (χ4n) is 3.79. The van der Waals surface area contributed by atoms with Crippen molar-refractivity contribution < 1.29 is 9.53 Å². The molecule has 32 heavy (non-hydrogen) atoms. The van der Waals surface area contributed by atoms with E-state index in [0.29, 0.717) is 13.0 Å². The van der Waals surface area contributed by atoms with E-state index < -0.39 is 0 Å². The smallest absolute Gasteiger partial charge is 0.407 e. The Balaban J connectivity index is 1.61. The second kappa shape index (κ2) is 9.27. The van der Waals surface area contributed by atoms with Gasteiger partial charge in [0.05, 0.1) is 23.3 Å². The molecule has 5 nitrogen and oxygen atoms in total. The van der Waals surface area contributed by atoms with Gasteiger partial charge in [-0.05, 0) is 68.7 Å². The van der Waals surface area contributed by atoms with E-state index in [2.05, 4.69) is 73.0 Å². The van der Waals surface area contributed by atoms with E-state index in [9.17, 15) is 4.79 Å². The van der Waals surface area contributed by atoms with Gasteiger partial charge < -0.3 is 15.4 Å². The molecule has 0 aliphatic heterocycles. The Morgan fingerprint density at radius 3 is 2.22 bits per heavy atom. The number of fused-ring (bicyclic) bond motifs is 2. The summed E-state index contributed by atoms with van der Waals surface area (Å²) in [5, 5.41) is 8.55. The summed E-state index contributed by atoms with van der Waals surface area (Å²) < 4.78 is 5.27. The normalized spacial score (nSPS) is 11.2. The lowest BCUT2D eigenvalue weighted by Crippen LogP contribution is -2.31. The Morgan fingerprint density at radius 2 is 1.59 bits per heavy atom. The number of amides is 1. The van der Waals surface area contributed by atoms with E-state index in [0.717, 1.165) is 38.7 Å². The Bertz CT molecular complexity index is 1220. The van der Waals surface area contributed by atoms with Crippen LogP contribution in [0.2, 0.25) is 0 Å². The van der Waals surface area contributed by atoms with Crippen molar-refractivity contribution in [3.05, 3.63) is 77.4 Å². The summed E-state index contributed by atoms with van der Waals surface area (Å²) in [7, 11) is 0. The summed E-state index contributed by atoms with van der Waals surface area (Å²) in [6, 6.07) is 21.0. The number of rotatable bonds is 6. The van der Waals surface area contributed by atoms with Crippen molar-refractivity contribution in [3.63, 3.8) is 0 Å². The zero-order chi connectivity index (χ0) is 22.7. The maximum atomic E-state index is 11.7. The van der Waals surface area contributed by atoms with Crippen molar-refractivity contribution in [2.45, 2.75) is 40.2 Å². The quantitative estimate of drug-likeness (QED) is 0.348. The van der Waals surface area contributed by atoms with E-state index in [-0.39, 0.29) is 12.1 Å². The van der Waals surface area contributed by atoms with Crippen LogP contribution in [-0.2, 0) is 11.2 Å². The zero-order valence-electron chi connectivity index (χ0n) is 19.0. The number of aryl methyl sites for hydroxylation is 2. The first-order valence-corrected chi connectivity index (χ1v) is 11.0. The summed E-state index contributed by atoms with van der Waals surface area (Å²) in [4.78, 5) is 16.6. The highest BCUT2D eigenvalue weighted by Crippen LogP contribution is 2.34. The molecular formula is C27H29N3O2. The van der Waals surface area contributed by atoms with Crippen molar-refractivity contribution in [2.24, 2.45) is 0 Å². The van der Waals surface area contributed by atoms with Gasteiger partial charge in [0.1, 0.15) is 0 Å². The van der Waals surface area contributed by atoms with Crippen molar-refractivity contribution in [2.75, 3.05) is 11.9 Å². The fraction of sp³-hybridized carbons (Fsp3) is 0.259. The van der Waals surface area contributed by atoms with E-state index in [4.69, 9.17) is 9.72 Å². The van der Waals surface area contributed by atoms with E-state index in [1.807, 2.05) is 26.0 Å². The van der Waals surface area contributed by atoms with Crippen LogP contribution in [0.25, 0.3) is 21.8 Å². The Labute approximate surface area is 188 Å². The molecule has 1 amide bonds. The maximum Gasteiger partial charge on any atom is 0.407 e. The van der Waals surface area contributed by atoms with Gasteiger partial charge in [0.25, 0.3) is 0 Å².